The first-order valence-corrected chi connectivity index (χ1v) is 6.82. The number of para-hydroxylation sites is 1. The van der Waals surface area contributed by atoms with Gasteiger partial charge in [0.1, 0.15) is 6.61 Å². The first kappa shape index (κ1) is 14.6. The van der Waals surface area contributed by atoms with E-state index in [1.165, 1.54) is 5.56 Å². The summed E-state index contributed by atoms with van der Waals surface area (Å²) in [7, 11) is 4.01. The smallest absolute Gasteiger partial charge is 0.168 e. The highest BCUT2D eigenvalue weighted by atomic mass is 17.2. The lowest BCUT2D eigenvalue weighted by Gasteiger charge is -2.12. The van der Waals surface area contributed by atoms with Crippen LogP contribution in [-0.4, -0.2) is 32.1 Å². The molecule has 106 valence electrons. The van der Waals surface area contributed by atoms with Gasteiger partial charge in [-0.25, -0.2) is 0 Å². The molecule has 0 fully saturated rings. The fraction of sp³-hybridized carbons (Fsp3) is 0.294. The van der Waals surface area contributed by atoms with Gasteiger partial charge >= 0.3 is 0 Å². The van der Waals surface area contributed by atoms with E-state index in [0.717, 1.165) is 24.3 Å². The predicted molar refractivity (Wildman–Crippen MR) is 80.8 cm³/mol. The summed E-state index contributed by atoms with van der Waals surface area (Å²) in [6.07, 6.45) is 0.841. The molecule has 3 heteroatoms. The van der Waals surface area contributed by atoms with E-state index in [2.05, 4.69) is 23.1 Å². The first-order valence-electron chi connectivity index (χ1n) is 6.82. The molecule has 0 bridgehead atoms. The van der Waals surface area contributed by atoms with Crippen LogP contribution in [0.3, 0.4) is 0 Å². The van der Waals surface area contributed by atoms with Crippen molar-refractivity contribution in [2.75, 3.05) is 27.2 Å². The number of hydrogen-bond acceptors (Lipinski definition) is 3. The second-order valence-electron chi connectivity index (χ2n) is 4.98. The van der Waals surface area contributed by atoms with E-state index >= 15 is 0 Å². The molecule has 0 heterocycles. The average Bonchev–Trinajstić information content (AvgIpc) is 2.46. The maximum absolute atomic E-state index is 5.43. The standard InChI is InChI=1S/C17H21NO2/c1-18(2)12-13-19-20-17-11-7-6-10-16(17)14-15-8-4-3-5-9-15/h3-11H,12-14H2,1-2H3. The lowest BCUT2D eigenvalue weighted by Crippen LogP contribution is -2.19. The maximum atomic E-state index is 5.43. The highest BCUT2D eigenvalue weighted by Gasteiger charge is 2.05. The number of benzene rings is 2. The maximum Gasteiger partial charge on any atom is 0.168 e. The summed E-state index contributed by atoms with van der Waals surface area (Å²) in [6.45, 7) is 1.38. The SMILES string of the molecule is CN(C)CCOOc1ccccc1Cc1ccccc1. The molecule has 0 saturated heterocycles. The van der Waals surface area contributed by atoms with Gasteiger partial charge in [0.2, 0.25) is 0 Å². The molecule has 0 aromatic heterocycles. The minimum atomic E-state index is 0.548. The van der Waals surface area contributed by atoms with Gasteiger partial charge in [0.15, 0.2) is 5.75 Å². The number of rotatable bonds is 7. The third-order valence-electron chi connectivity index (χ3n) is 2.98. The number of hydrogen-bond donors (Lipinski definition) is 0. The molecule has 0 atom stereocenters. The van der Waals surface area contributed by atoms with Crippen molar-refractivity contribution in [2.24, 2.45) is 0 Å². The summed E-state index contributed by atoms with van der Waals surface area (Å²) in [5.74, 6) is 0.787. The lowest BCUT2D eigenvalue weighted by atomic mass is 10.0. The Morgan fingerprint density at radius 1 is 0.900 bits per heavy atom. The van der Waals surface area contributed by atoms with Gasteiger partial charge in [-0.2, -0.15) is 4.89 Å². The van der Waals surface area contributed by atoms with Gasteiger partial charge in [0, 0.05) is 18.5 Å². The Bertz CT molecular complexity index is 511. The highest BCUT2D eigenvalue weighted by Crippen LogP contribution is 2.21. The van der Waals surface area contributed by atoms with Crippen LogP contribution >= 0.6 is 0 Å². The fourth-order valence-electron chi connectivity index (χ4n) is 1.87. The summed E-state index contributed by atoms with van der Waals surface area (Å²) in [4.78, 5) is 12.8. The Morgan fingerprint density at radius 3 is 2.35 bits per heavy atom. The summed E-state index contributed by atoms with van der Waals surface area (Å²) in [5, 5.41) is 0. The summed E-state index contributed by atoms with van der Waals surface area (Å²) in [5.41, 5.74) is 2.39. The molecule has 3 nitrogen and oxygen atoms in total. The molecule has 2 aromatic rings. The molecule has 2 rings (SSSR count). The van der Waals surface area contributed by atoms with Crippen LogP contribution in [0.4, 0.5) is 0 Å². The van der Waals surface area contributed by atoms with Gasteiger partial charge in [-0.05, 0) is 25.7 Å². The minimum absolute atomic E-state index is 0.548. The van der Waals surface area contributed by atoms with Crippen LogP contribution in [-0.2, 0) is 11.3 Å². The third-order valence-corrected chi connectivity index (χ3v) is 2.98. The van der Waals surface area contributed by atoms with Gasteiger partial charge in [-0.1, -0.05) is 48.5 Å². The predicted octanol–water partition coefficient (Wildman–Crippen LogP) is 3.15. The molecule has 0 unspecified atom stereocenters. The Morgan fingerprint density at radius 2 is 1.60 bits per heavy atom. The van der Waals surface area contributed by atoms with Crippen molar-refractivity contribution in [1.82, 2.24) is 4.90 Å². The van der Waals surface area contributed by atoms with Gasteiger partial charge < -0.3 is 9.79 Å². The summed E-state index contributed by atoms with van der Waals surface area (Å²) in [6, 6.07) is 18.3. The Kier molecular flexibility index (Phi) is 5.59. The van der Waals surface area contributed by atoms with E-state index in [0.29, 0.717) is 6.61 Å². The molecule has 0 saturated carbocycles. The molecule has 20 heavy (non-hydrogen) atoms. The van der Waals surface area contributed by atoms with E-state index in [-0.39, 0.29) is 0 Å². The molecule has 0 amide bonds. The summed E-state index contributed by atoms with van der Waals surface area (Å²) >= 11 is 0. The van der Waals surface area contributed by atoms with E-state index < -0.39 is 0 Å². The first-order chi connectivity index (χ1) is 9.75. The van der Waals surface area contributed by atoms with Crippen LogP contribution < -0.4 is 4.89 Å². The van der Waals surface area contributed by atoms with Crippen LogP contribution in [0.5, 0.6) is 5.75 Å². The van der Waals surface area contributed by atoms with Crippen LogP contribution in [0.1, 0.15) is 11.1 Å². The lowest BCUT2D eigenvalue weighted by molar-refractivity contribution is -0.208. The largest absolute Gasteiger partial charge is 0.337 e. The van der Waals surface area contributed by atoms with Crippen molar-refractivity contribution in [3.63, 3.8) is 0 Å². The van der Waals surface area contributed by atoms with E-state index in [9.17, 15) is 0 Å². The normalized spacial score (nSPS) is 10.8. The van der Waals surface area contributed by atoms with Crippen molar-refractivity contribution < 1.29 is 9.78 Å². The molecular formula is C17H21NO2. The zero-order valence-electron chi connectivity index (χ0n) is 12.1. The second kappa shape index (κ2) is 7.68. The Balaban J connectivity index is 1.96. The van der Waals surface area contributed by atoms with Gasteiger partial charge in [-0.3, -0.25) is 0 Å². The van der Waals surface area contributed by atoms with E-state index in [4.69, 9.17) is 9.78 Å². The zero-order chi connectivity index (χ0) is 14.2. The molecule has 0 aliphatic rings. The molecule has 2 aromatic carbocycles. The van der Waals surface area contributed by atoms with Crippen LogP contribution in [0, 0.1) is 0 Å². The Hall–Kier alpha value is -1.84. The monoisotopic (exact) mass is 271 g/mol. The minimum Gasteiger partial charge on any atom is -0.337 e. The van der Waals surface area contributed by atoms with Crippen molar-refractivity contribution in [2.45, 2.75) is 6.42 Å². The van der Waals surface area contributed by atoms with Crippen molar-refractivity contribution >= 4 is 0 Å². The number of nitrogens with zero attached hydrogens (tertiary/aromatic N) is 1. The quantitative estimate of drug-likeness (QED) is 0.439. The van der Waals surface area contributed by atoms with Gasteiger partial charge in [-0.15, -0.1) is 0 Å². The molecule has 0 aliphatic carbocycles. The average molecular weight is 271 g/mol. The molecule has 0 radical (unpaired) electrons. The van der Waals surface area contributed by atoms with Crippen molar-refractivity contribution in [3.05, 3.63) is 65.7 Å². The second-order valence-corrected chi connectivity index (χ2v) is 4.98. The topological polar surface area (TPSA) is 21.7 Å². The highest BCUT2D eigenvalue weighted by molar-refractivity contribution is 5.37. The van der Waals surface area contributed by atoms with Crippen LogP contribution in [0.25, 0.3) is 0 Å². The third kappa shape index (κ3) is 4.68. The van der Waals surface area contributed by atoms with E-state index in [1.807, 2.05) is 50.5 Å². The van der Waals surface area contributed by atoms with Crippen molar-refractivity contribution in [1.29, 1.82) is 0 Å². The molecule has 0 aliphatic heterocycles. The van der Waals surface area contributed by atoms with E-state index in [1.54, 1.807) is 0 Å². The van der Waals surface area contributed by atoms with Gasteiger partial charge in [0.05, 0.1) is 0 Å². The molecule has 0 spiro atoms. The van der Waals surface area contributed by atoms with Crippen molar-refractivity contribution in [3.8, 4) is 5.75 Å². The summed E-state index contributed by atoms with van der Waals surface area (Å²) < 4.78 is 0. The fourth-order valence-corrected chi connectivity index (χ4v) is 1.87. The van der Waals surface area contributed by atoms with Crippen LogP contribution in [0.2, 0.25) is 0 Å². The van der Waals surface area contributed by atoms with Gasteiger partial charge in [0.25, 0.3) is 0 Å². The van der Waals surface area contributed by atoms with Crippen LogP contribution in [0.15, 0.2) is 54.6 Å². The molecule has 0 N–H and O–H groups in total. The number of likely N-dealkylation sites (N-methyl/N-ethyl adjacent to an activating group) is 1. The Labute approximate surface area is 120 Å². The zero-order valence-corrected chi connectivity index (χ0v) is 12.1. The molecular weight excluding hydrogens is 250 g/mol.